The first-order valence-corrected chi connectivity index (χ1v) is 15.6. The number of oxime groups is 1. The van der Waals surface area contributed by atoms with E-state index in [1.165, 1.54) is 57.8 Å². The average molecular weight is 549 g/mol. The van der Waals surface area contributed by atoms with E-state index in [0.717, 1.165) is 35.7 Å². The van der Waals surface area contributed by atoms with Gasteiger partial charge in [0.1, 0.15) is 11.8 Å². The number of para-hydroxylation sites is 2. The highest BCUT2D eigenvalue weighted by Crippen LogP contribution is 2.47. The van der Waals surface area contributed by atoms with Crippen LogP contribution in [0.1, 0.15) is 109 Å². The van der Waals surface area contributed by atoms with Crippen molar-refractivity contribution in [2.24, 2.45) is 17.0 Å². The van der Waals surface area contributed by atoms with Crippen molar-refractivity contribution in [3.63, 3.8) is 0 Å². The Kier molecular flexibility index (Phi) is 7.98. The Morgan fingerprint density at radius 3 is 2.30 bits per heavy atom. The molecule has 4 unspecified atom stereocenters. The Hall–Kier alpha value is -2.74. The fourth-order valence-electron chi connectivity index (χ4n) is 8.44. The molecular formula is C32H44N4O4. The number of aliphatic carboxylic acids is 1. The Labute approximate surface area is 236 Å². The molecule has 0 amide bonds. The molecule has 2 aromatic rings. The van der Waals surface area contributed by atoms with Gasteiger partial charge in [-0.15, -0.1) is 0 Å². The van der Waals surface area contributed by atoms with Crippen molar-refractivity contribution < 1.29 is 14.7 Å². The molecule has 1 aromatic carbocycles. The summed E-state index contributed by atoms with van der Waals surface area (Å²) >= 11 is 0. The number of aromatic nitrogens is 2. The Morgan fingerprint density at radius 1 is 0.950 bits per heavy atom. The number of fused-ring (bicyclic) bond motifs is 5. The molecular weight excluding hydrogens is 504 g/mol. The van der Waals surface area contributed by atoms with Gasteiger partial charge in [-0.25, -0.2) is 4.98 Å². The second-order valence-electron chi connectivity index (χ2n) is 13.0. The monoisotopic (exact) mass is 548 g/mol. The number of carbonyl (C=O) groups is 1. The number of carboxylic acids is 1. The van der Waals surface area contributed by atoms with Gasteiger partial charge in [0.2, 0.25) is 0 Å². The third-order valence-electron chi connectivity index (χ3n) is 9.91. The SMILES string of the molecule is CC(C)ON=C(CCC(=O)O)c1nc2ccccc2n(C2CC3CCC[C@H](C2)N3C2CC3CCCC(C3)C2)c1=O. The van der Waals surface area contributed by atoms with Crippen molar-refractivity contribution >= 4 is 22.7 Å². The van der Waals surface area contributed by atoms with Crippen LogP contribution in [0.15, 0.2) is 34.2 Å². The van der Waals surface area contributed by atoms with Gasteiger partial charge in [-0.2, -0.15) is 0 Å². The molecule has 2 saturated carbocycles. The summed E-state index contributed by atoms with van der Waals surface area (Å²) in [4.78, 5) is 38.8. The molecule has 5 atom stereocenters. The van der Waals surface area contributed by atoms with E-state index in [1.807, 2.05) is 42.7 Å². The average Bonchev–Trinajstić information content (AvgIpc) is 2.92. The van der Waals surface area contributed by atoms with Gasteiger partial charge >= 0.3 is 5.97 Å². The lowest BCUT2D eigenvalue weighted by atomic mass is 9.68. The van der Waals surface area contributed by atoms with Gasteiger partial charge in [-0.1, -0.05) is 43.0 Å². The number of piperidine rings is 2. The molecule has 0 radical (unpaired) electrons. The number of nitrogens with zero attached hydrogens (tertiary/aromatic N) is 4. The normalized spacial score (nSPS) is 30.9. The Balaban J connectivity index is 1.35. The van der Waals surface area contributed by atoms with Crippen LogP contribution in [0.5, 0.6) is 0 Å². The maximum Gasteiger partial charge on any atom is 0.303 e. The standard InChI is InChI=1S/C32H44N4O4/c1-20(2)40-34-28(13-14-30(37)38)31-32(39)36(29-12-4-3-11-27(29)33-31)26-18-23-9-6-10-24(19-26)35(23)25-16-21-7-5-8-22(15-21)17-25/h3-4,11-12,20-26H,5-10,13-19H2,1-2H3,(H,37,38)/t21?,22?,23-,24?,25?,26?/m1/s1. The lowest BCUT2D eigenvalue weighted by molar-refractivity contribution is -0.136. The summed E-state index contributed by atoms with van der Waals surface area (Å²) < 4.78 is 1.97. The summed E-state index contributed by atoms with van der Waals surface area (Å²) in [6.45, 7) is 3.72. The Bertz CT molecular complexity index is 1290. The number of hydrogen-bond acceptors (Lipinski definition) is 6. The van der Waals surface area contributed by atoms with Crippen molar-refractivity contribution in [3.05, 3.63) is 40.3 Å². The van der Waals surface area contributed by atoms with Gasteiger partial charge in [0.05, 0.1) is 17.5 Å². The lowest BCUT2D eigenvalue weighted by Gasteiger charge is -2.55. The van der Waals surface area contributed by atoms with Crippen LogP contribution in [0.2, 0.25) is 0 Å². The van der Waals surface area contributed by atoms with E-state index < -0.39 is 5.97 Å². The van der Waals surface area contributed by atoms with Crippen molar-refractivity contribution in [1.29, 1.82) is 0 Å². The van der Waals surface area contributed by atoms with Crippen LogP contribution < -0.4 is 5.56 Å². The summed E-state index contributed by atoms with van der Waals surface area (Å²) in [7, 11) is 0. The van der Waals surface area contributed by atoms with E-state index in [4.69, 9.17) is 9.82 Å². The first-order valence-electron chi connectivity index (χ1n) is 15.6. The second-order valence-corrected chi connectivity index (χ2v) is 13.0. The van der Waals surface area contributed by atoms with E-state index in [9.17, 15) is 14.7 Å². The zero-order chi connectivity index (χ0) is 27.8. The summed E-state index contributed by atoms with van der Waals surface area (Å²) in [6, 6.07) is 9.63. The fourth-order valence-corrected chi connectivity index (χ4v) is 8.44. The number of carboxylic acid groups (broad SMARTS) is 1. The highest BCUT2D eigenvalue weighted by molar-refractivity contribution is 6.00. The number of rotatable bonds is 8. The van der Waals surface area contributed by atoms with Crippen LogP contribution in [0.25, 0.3) is 11.0 Å². The first kappa shape index (κ1) is 27.4. The topological polar surface area (TPSA) is 97.0 Å². The number of hydrogen-bond donors (Lipinski definition) is 1. The lowest BCUT2D eigenvalue weighted by Crippen LogP contribution is -2.58. The molecule has 6 rings (SSSR count). The molecule has 2 aliphatic carbocycles. The largest absolute Gasteiger partial charge is 0.481 e. The van der Waals surface area contributed by atoms with Crippen LogP contribution in [-0.4, -0.2) is 55.5 Å². The summed E-state index contributed by atoms with van der Waals surface area (Å²) in [6.07, 6.45) is 13.8. The summed E-state index contributed by atoms with van der Waals surface area (Å²) in [5.74, 6) is 0.870. The molecule has 0 spiro atoms. The molecule has 4 aliphatic rings. The molecule has 4 bridgehead atoms. The zero-order valence-electron chi connectivity index (χ0n) is 24.0. The van der Waals surface area contributed by atoms with E-state index in [2.05, 4.69) is 10.1 Å². The molecule has 8 heteroatoms. The van der Waals surface area contributed by atoms with E-state index >= 15 is 0 Å². The highest BCUT2D eigenvalue weighted by Gasteiger charge is 2.45. The van der Waals surface area contributed by atoms with Crippen LogP contribution in [0.3, 0.4) is 0 Å². The molecule has 216 valence electrons. The third-order valence-corrected chi connectivity index (χ3v) is 9.91. The van der Waals surface area contributed by atoms with Crippen molar-refractivity contribution in [1.82, 2.24) is 14.5 Å². The van der Waals surface area contributed by atoms with Crippen molar-refractivity contribution in [3.8, 4) is 0 Å². The molecule has 8 nitrogen and oxygen atoms in total. The molecule has 1 N–H and O–H groups in total. The van der Waals surface area contributed by atoms with Gasteiger partial charge in [-0.3, -0.25) is 14.5 Å². The van der Waals surface area contributed by atoms with Crippen molar-refractivity contribution in [2.45, 2.75) is 128 Å². The smallest absolute Gasteiger partial charge is 0.303 e. The van der Waals surface area contributed by atoms with E-state index in [0.29, 0.717) is 23.8 Å². The maximum absolute atomic E-state index is 14.3. The van der Waals surface area contributed by atoms with Crippen LogP contribution in [0, 0.1) is 11.8 Å². The van der Waals surface area contributed by atoms with E-state index in [1.54, 1.807) is 0 Å². The third kappa shape index (κ3) is 5.56. The highest BCUT2D eigenvalue weighted by atomic mass is 16.6. The molecule has 4 fully saturated rings. The van der Waals surface area contributed by atoms with Gasteiger partial charge in [0.25, 0.3) is 5.56 Å². The van der Waals surface area contributed by atoms with Gasteiger partial charge in [-0.05, 0) is 82.8 Å². The molecule has 1 aromatic heterocycles. The van der Waals surface area contributed by atoms with Crippen LogP contribution in [0.4, 0.5) is 0 Å². The predicted octanol–water partition coefficient (Wildman–Crippen LogP) is 5.92. The van der Waals surface area contributed by atoms with Crippen LogP contribution in [-0.2, 0) is 9.63 Å². The first-order chi connectivity index (χ1) is 19.4. The van der Waals surface area contributed by atoms with E-state index in [-0.39, 0.29) is 36.2 Å². The van der Waals surface area contributed by atoms with Gasteiger partial charge in [0, 0.05) is 30.6 Å². The maximum atomic E-state index is 14.3. The summed E-state index contributed by atoms with van der Waals surface area (Å²) in [5.41, 5.74) is 1.93. The minimum Gasteiger partial charge on any atom is -0.481 e. The molecule has 40 heavy (non-hydrogen) atoms. The number of benzene rings is 1. The minimum atomic E-state index is -0.939. The van der Waals surface area contributed by atoms with Gasteiger partial charge in [0.15, 0.2) is 5.69 Å². The Morgan fingerprint density at radius 2 is 1.62 bits per heavy atom. The second kappa shape index (κ2) is 11.6. The zero-order valence-corrected chi connectivity index (χ0v) is 24.0. The fraction of sp³-hybridized carbons (Fsp3) is 0.688. The van der Waals surface area contributed by atoms with Crippen molar-refractivity contribution in [2.75, 3.05) is 0 Å². The summed E-state index contributed by atoms with van der Waals surface area (Å²) in [5, 5.41) is 13.6. The molecule has 3 heterocycles. The minimum absolute atomic E-state index is 0.0838. The molecule has 2 aliphatic heterocycles. The molecule has 2 saturated heterocycles. The quantitative estimate of drug-likeness (QED) is 0.325. The predicted molar refractivity (Wildman–Crippen MR) is 156 cm³/mol. The van der Waals surface area contributed by atoms with Gasteiger partial charge < -0.3 is 14.5 Å². The van der Waals surface area contributed by atoms with Crippen LogP contribution >= 0.6 is 0 Å².